The topological polar surface area (TPSA) is 73.1 Å². The first-order valence-corrected chi connectivity index (χ1v) is 9.58. The second-order valence-corrected chi connectivity index (χ2v) is 7.44. The number of aromatic nitrogens is 3. The molecule has 0 aliphatic heterocycles. The van der Waals surface area contributed by atoms with Gasteiger partial charge in [0.1, 0.15) is 28.0 Å². The molecule has 0 atom stereocenters. The number of benzene rings is 1. The Morgan fingerprint density at radius 3 is 2.56 bits per heavy atom. The number of hydrogen-bond donors (Lipinski definition) is 1. The van der Waals surface area contributed by atoms with Crippen LogP contribution >= 0.6 is 11.3 Å². The van der Waals surface area contributed by atoms with E-state index in [1.54, 1.807) is 11.3 Å². The van der Waals surface area contributed by atoms with E-state index in [-0.39, 0.29) is 0 Å². The van der Waals surface area contributed by atoms with Crippen LogP contribution in [0.3, 0.4) is 0 Å². The van der Waals surface area contributed by atoms with Crippen LogP contribution in [0.25, 0.3) is 21.3 Å². The zero-order chi connectivity index (χ0) is 19.0. The zero-order valence-electron chi connectivity index (χ0n) is 15.7. The molecule has 0 fully saturated rings. The Hall–Kier alpha value is -2.93. The molecule has 0 unspecified atom stereocenters. The van der Waals surface area contributed by atoms with Crippen molar-refractivity contribution >= 4 is 33.2 Å². The minimum atomic E-state index is 0.633. The standard InChI is InChI=1S/C20H20N4O2S/c1-5-25-15-8-6-14(7-9-15)17-12(3)27-20-18(17)19(21-13(4)22-20)23-16-10-11(2)26-24-16/h6-10H,5H2,1-4H3,(H,21,22,23,24). The minimum absolute atomic E-state index is 0.633. The molecule has 0 saturated heterocycles. The number of anilines is 2. The Morgan fingerprint density at radius 1 is 1.11 bits per heavy atom. The monoisotopic (exact) mass is 380 g/mol. The highest BCUT2D eigenvalue weighted by atomic mass is 32.1. The van der Waals surface area contributed by atoms with Gasteiger partial charge in [0.25, 0.3) is 0 Å². The lowest BCUT2D eigenvalue weighted by molar-refractivity contribution is 0.340. The third-order valence-corrected chi connectivity index (χ3v) is 5.17. The molecular formula is C20H20N4O2S. The SMILES string of the molecule is CCOc1ccc(-c2c(C)sc3nc(C)nc(Nc4cc(C)on4)c23)cc1. The molecule has 0 amide bonds. The summed E-state index contributed by atoms with van der Waals surface area (Å²) in [7, 11) is 0. The lowest BCUT2D eigenvalue weighted by Crippen LogP contribution is -1.98. The third kappa shape index (κ3) is 3.38. The van der Waals surface area contributed by atoms with E-state index < -0.39 is 0 Å². The van der Waals surface area contributed by atoms with Gasteiger partial charge in [0.15, 0.2) is 5.82 Å². The maximum atomic E-state index is 5.56. The van der Waals surface area contributed by atoms with Crippen molar-refractivity contribution in [1.82, 2.24) is 15.1 Å². The molecule has 4 aromatic rings. The number of fused-ring (bicyclic) bond motifs is 1. The van der Waals surface area contributed by atoms with Crippen molar-refractivity contribution in [2.24, 2.45) is 0 Å². The molecule has 27 heavy (non-hydrogen) atoms. The average Bonchev–Trinajstić information content (AvgIpc) is 3.18. The van der Waals surface area contributed by atoms with Crippen molar-refractivity contribution in [3.05, 3.63) is 46.8 Å². The van der Waals surface area contributed by atoms with Crippen LogP contribution in [0, 0.1) is 20.8 Å². The van der Waals surface area contributed by atoms with Crippen LogP contribution in [0.5, 0.6) is 5.75 Å². The van der Waals surface area contributed by atoms with Gasteiger partial charge in [0.2, 0.25) is 0 Å². The third-order valence-electron chi connectivity index (χ3n) is 4.17. The number of nitrogens with one attached hydrogen (secondary N) is 1. The molecule has 4 rings (SSSR count). The lowest BCUT2D eigenvalue weighted by atomic mass is 10.0. The summed E-state index contributed by atoms with van der Waals surface area (Å²) in [6.45, 7) is 8.49. The predicted octanol–water partition coefficient (Wildman–Crippen LogP) is 5.41. The normalized spacial score (nSPS) is 11.1. The number of ether oxygens (including phenoxy) is 1. The second kappa shape index (κ2) is 7.00. The summed E-state index contributed by atoms with van der Waals surface area (Å²) in [5.74, 6) is 3.69. The van der Waals surface area contributed by atoms with Crippen molar-refractivity contribution in [2.75, 3.05) is 11.9 Å². The van der Waals surface area contributed by atoms with E-state index >= 15 is 0 Å². The quantitative estimate of drug-likeness (QED) is 0.499. The van der Waals surface area contributed by atoms with Gasteiger partial charge >= 0.3 is 0 Å². The van der Waals surface area contributed by atoms with E-state index in [0.717, 1.165) is 38.7 Å². The molecule has 7 heteroatoms. The Kier molecular flexibility index (Phi) is 4.53. The van der Waals surface area contributed by atoms with E-state index in [1.165, 1.54) is 4.88 Å². The van der Waals surface area contributed by atoms with E-state index in [2.05, 4.69) is 39.5 Å². The summed E-state index contributed by atoms with van der Waals surface area (Å²) >= 11 is 1.67. The van der Waals surface area contributed by atoms with Crippen LogP contribution in [-0.2, 0) is 0 Å². The minimum Gasteiger partial charge on any atom is -0.494 e. The van der Waals surface area contributed by atoms with Crippen LogP contribution in [-0.4, -0.2) is 21.7 Å². The Morgan fingerprint density at radius 2 is 1.89 bits per heavy atom. The van der Waals surface area contributed by atoms with Gasteiger partial charge in [-0.25, -0.2) is 9.97 Å². The second-order valence-electron chi connectivity index (χ2n) is 6.24. The van der Waals surface area contributed by atoms with E-state index in [9.17, 15) is 0 Å². The van der Waals surface area contributed by atoms with Crippen LogP contribution < -0.4 is 10.1 Å². The van der Waals surface area contributed by atoms with Crippen LogP contribution in [0.2, 0.25) is 0 Å². The first kappa shape index (κ1) is 17.5. The smallest absolute Gasteiger partial charge is 0.175 e. The maximum absolute atomic E-state index is 5.56. The molecule has 0 aliphatic rings. The van der Waals surface area contributed by atoms with Gasteiger partial charge in [0, 0.05) is 16.5 Å². The highest BCUT2D eigenvalue weighted by molar-refractivity contribution is 7.19. The number of hydrogen-bond acceptors (Lipinski definition) is 7. The van der Waals surface area contributed by atoms with Gasteiger partial charge in [-0.1, -0.05) is 17.3 Å². The van der Waals surface area contributed by atoms with Crippen LogP contribution in [0.15, 0.2) is 34.9 Å². The summed E-state index contributed by atoms with van der Waals surface area (Å²) in [5, 5.41) is 8.31. The van der Waals surface area contributed by atoms with Gasteiger partial charge in [0.05, 0.1) is 12.0 Å². The van der Waals surface area contributed by atoms with Gasteiger partial charge < -0.3 is 14.6 Å². The van der Waals surface area contributed by atoms with Crippen molar-refractivity contribution in [2.45, 2.75) is 27.7 Å². The fourth-order valence-corrected chi connectivity index (χ4v) is 4.18. The molecule has 0 spiro atoms. The molecule has 0 aliphatic carbocycles. The lowest BCUT2D eigenvalue weighted by Gasteiger charge is -2.09. The summed E-state index contributed by atoms with van der Waals surface area (Å²) in [5.41, 5.74) is 2.23. The van der Waals surface area contributed by atoms with Crippen LogP contribution in [0.4, 0.5) is 11.6 Å². The first-order valence-electron chi connectivity index (χ1n) is 8.76. The van der Waals surface area contributed by atoms with Gasteiger partial charge in [-0.3, -0.25) is 0 Å². The Balaban J connectivity index is 1.86. The predicted molar refractivity (Wildman–Crippen MR) is 108 cm³/mol. The van der Waals surface area contributed by atoms with E-state index in [1.807, 2.05) is 39.0 Å². The molecule has 3 aromatic heterocycles. The van der Waals surface area contributed by atoms with Gasteiger partial charge in [-0.05, 0) is 45.4 Å². The highest BCUT2D eigenvalue weighted by Crippen LogP contribution is 2.41. The van der Waals surface area contributed by atoms with Crippen molar-refractivity contribution in [3.8, 4) is 16.9 Å². The Labute approximate surface area is 161 Å². The van der Waals surface area contributed by atoms with Gasteiger partial charge in [-0.2, -0.15) is 0 Å². The first-order chi connectivity index (χ1) is 13.0. The fourth-order valence-electron chi connectivity index (χ4n) is 3.09. The fraction of sp³-hybridized carbons (Fsp3) is 0.250. The van der Waals surface area contributed by atoms with E-state index in [4.69, 9.17) is 9.26 Å². The molecule has 0 bridgehead atoms. The van der Waals surface area contributed by atoms with Gasteiger partial charge in [-0.15, -0.1) is 11.3 Å². The molecule has 0 radical (unpaired) electrons. The molecular weight excluding hydrogens is 360 g/mol. The number of thiophene rings is 1. The molecule has 1 aromatic carbocycles. The number of nitrogens with zero attached hydrogens (tertiary/aromatic N) is 3. The number of aryl methyl sites for hydroxylation is 3. The summed E-state index contributed by atoms with van der Waals surface area (Å²) in [6, 6.07) is 9.97. The largest absolute Gasteiger partial charge is 0.494 e. The van der Waals surface area contributed by atoms with Crippen molar-refractivity contribution < 1.29 is 9.26 Å². The number of rotatable bonds is 5. The average molecular weight is 380 g/mol. The van der Waals surface area contributed by atoms with Crippen molar-refractivity contribution in [3.63, 3.8) is 0 Å². The zero-order valence-corrected chi connectivity index (χ0v) is 16.5. The van der Waals surface area contributed by atoms with Crippen LogP contribution in [0.1, 0.15) is 23.4 Å². The Bertz CT molecular complexity index is 1100. The van der Waals surface area contributed by atoms with E-state index in [0.29, 0.717) is 18.2 Å². The highest BCUT2D eigenvalue weighted by Gasteiger charge is 2.18. The molecule has 138 valence electrons. The molecule has 6 nitrogen and oxygen atoms in total. The van der Waals surface area contributed by atoms with Crippen molar-refractivity contribution in [1.29, 1.82) is 0 Å². The summed E-state index contributed by atoms with van der Waals surface area (Å²) < 4.78 is 10.7. The molecule has 0 saturated carbocycles. The summed E-state index contributed by atoms with van der Waals surface area (Å²) in [6.07, 6.45) is 0. The molecule has 3 heterocycles. The maximum Gasteiger partial charge on any atom is 0.175 e. The summed E-state index contributed by atoms with van der Waals surface area (Å²) in [4.78, 5) is 11.4. The molecule has 1 N–H and O–H groups in total.